The third kappa shape index (κ3) is 5.84. The van der Waals surface area contributed by atoms with Crippen molar-refractivity contribution in [3.8, 4) is 0 Å². The number of benzene rings is 1. The maximum atomic E-state index is 11.8. The predicted octanol–water partition coefficient (Wildman–Crippen LogP) is 2.07. The molecule has 122 valence electrons. The SMILES string of the molecule is NC(CC(=O)NCCCNC(=O)c1cccs1)c1ccccc1. The Hall–Kier alpha value is -2.18. The van der Waals surface area contributed by atoms with Gasteiger partial charge < -0.3 is 16.4 Å². The van der Waals surface area contributed by atoms with Crippen molar-refractivity contribution in [3.05, 3.63) is 58.3 Å². The lowest BCUT2D eigenvalue weighted by Gasteiger charge is -2.12. The molecule has 1 aromatic heterocycles. The molecule has 1 heterocycles. The molecule has 4 N–H and O–H groups in total. The smallest absolute Gasteiger partial charge is 0.261 e. The van der Waals surface area contributed by atoms with Crippen LogP contribution in [0.4, 0.5) is 0 Å². The van der Waals surface area contributed by atoms with Gasteiger partial charge in [0.1, 0.15) is 0 Å². The summed E-state index contributed by atoms with van der Waals surface area (Å²) < 4.78 is 0. The standard InChI is InChI=1S/C17H21N3O2S/c18-14(13-6-2-1-3-7-13)12-16(21)19-9-5-10-20-17(22)15-8-4-11-23-15/h1-4,6-8,11,14H,5,9-10,12,18H2,(H,19,21)(H,20,22). The third-order valence-corrected chi connectivity index (χ3v) is 4.21. The highest BCUT2D eigenvalue weighted by Gasteiger charge is 2.11. The van der Waals surface area contributed by atoms with Crippen molar-refractivity contribution in [2.75, 3.05) is 13.1 Å². The summed E-state index contributed by atoms with van der Waals surface area (Å²) in [7, 11) is 0. The fourth-order valence-electron chi connectivity index (χ4n) is 2.10. The molecule has 5 nitrogen and oxygen atoms in total. The first kappa shape index (κ1) is 17.2. The van der Waals surface area contributed by atoms with E-state index in [4.69, 9.17) is 5.73 Å². The molecule has 0 aliphatic heterocycles. The summed E-state index contributed by atoms with van der Waals surface area (Å²) in [6, 6.07) is 12.9. The van der Waals surface area contributed by atoms with Crippen LogP contribution in [0.15, 0.2) is 47.8 Å². The first-order valence-electron chi connectivity index (χ1n) is 7.56. The zero-order valence-corrected chi connectivity index (χ0v) is 13.6. The van der Waals surface area contributed by atoms with E-state index in [9.17, 15) is 9.59 Å². The highest BCUT2D eigenvalue weighted by atomic mass is 32.1. The number of amides is 2. The number of hydrogen-bond donors (Lipinski definition) is 3. The van der Waals surface area contributed by atoms with E-state index in [1.165, 1.54) is 11.3 Å². The van der Waals surface area contributed by atoms with Gasteiger partial charge >= 0.3 is 0 Å². The van der Waals surface area contributed by atoms with E-state index in [-0.39, 0.29) is 24.3 Å². The zero-order valence-electron chi connectivity index (χ0n) is 12.8. The normalized spacial score (nSPS) is 11.7. The Balaban J connectivity index is 1.59. The molecule has 0 bridgehead atoms. The van der Waals surface area contributed by atoms with E-state index >= 15 is 0 Å². The molecule has 0 spiro atoms. The second kappa shape index (κ2) is 9.07. The maximum absolute atomic E-state index is 11.8. The first-order chi connectivity index (χ1) is 11.2. The van der Waals surface area contributed by atoms with Gasteiger partial charge in [-0.3, -0.25) is 9.59 Å². The number of thiophene rings is 1. The van der Waals surface area contributed by atoms with Gasteiger partial charge in [-0.05, 0) is 23.4 Å². The lowest BCUT2D eigenvalue weighted by molar-refractivity contribution is -0.121. The van der Waals surface area contributed by atoms with Crippen molar-refractivity contribution in [2.45, 2.75) is 18.9 Å². The predicted molar refractivity (Wildman–Crippen MR) is 92.3 cm³/mol. The van der Waals surface area contributed by atoms with Gasteiger partial charge in [-0.15, -0.1) is 11.3 Å². The Kier molecular flexibility index (Phi) is 6.77. The molecular formula is C17H21N3O2S. The summed E-state index contributed by atoms with van der Waals surface area (Å²) in [5, 5.41) is 7.51. The first-order valence-corrected chi connectivity index (χ1v) is 8.43. The number of rotatable bonds is 8. The lowest BCUT2D eigenvalue weighted by atomic mass is 10.0. The van der Waals surface area contributed by atoms with Gasteiger partial charge in [0.05, 0.1) is 4.88 Å². The number of carbonyl (C=O) groups excluding carboxylic acids is 2. The van der Waals surface area contributed by atoms with Crippen LogP contribution in [0.2, 0.25) is 0 Å². The van der Waals surface area contributed by atoms with Gasteiger partial charge in [-0.1, -0.05) is 36.4 Å². The quantitative estimate of drug-likeness (QED) is 0.648. The second-order valence-corrected chi connectivity index (χ2v) is 6.11. The van der Waals surface area contributed by atoms with Crippen molar-refractivity contribution >= 4 is 23.2 Å². The molecule has 0 aliphatic carbocycles. The fraction of sp³-hybridized carbons (Fsp3) is 0.294. The van der Waals surface area contributed by atoms with Crippen molar-refractivity contribution in [2.24, 2.45) is 5.73 Å². The summed E-state index contributed by atoms with van der Waals surface area (Å²) in [5.74, 6) is -0.150. The highest BCUT2D eigenvalue weighted by molar-refractivity contribution is 7.12. The highest BCUT2D eigenvalue weighted by Crippen LogP contribution is 2.12. The summed E-state index contributed by atoms with van der Waals surface area (Å²) in [6.07, 6.45) is 0.939. The van der Waals surface area contributed by atoms with Gasteiger partial charge in [0.15, 0.2) is 0 Å². The molecule has 0 saturated carbocycles. The molecule has 2 amide bonds. The minimum Gasteiger partial charge on any atom is -0.356 e. The largest absolute Gasteiger partial charge is 0.356 e. The molecule has 0 fully saturated rings. The second-order valence-electron chi connectivity index (χ2n) is 5.16. The van der Waals surface area contributed by atoms with E-state index in [0.29, 0.717) is 24.4 Å². The molecule has 1 unspecified atom stereocenters. The summed E-state index contributed by atoms with van der Waals surface area (Å²) in [4.78, 5) is 24.2. The molecular weight excluding hydrogens is 310 g/mol. The average Bonchev–Trinajstić information content (AvgIpc) is 3.09. The lowest BCUT2D eigenvalue weighted by Crippen LogP contribution is -2.31. The molecule has 1 aromatic carbocycles. The Morgan fingerprint density at radius 3 is 2.48 bits per heavy atom. The topological polar surface area (TPSA) is 84.2 Å². The van der Waals surface area contributed by atoms with Gasteiger partial charge in [-0.25, -0.2) is 0 Å². The average molecular weight is 331 g/mol. The number of hydrogen-bond acceptors (Lipinski definition) is 4. The number of carbonyl (C=O) groups is 2. The Labute approximate surface area is 139 Å². The summed E-state index contributed by atoms with van der Waals surface area (Å²) >= 11 is 1.41. The molecule has 6 heteroatoms. The summed E-state index contributed by atoms with van der Waals surface area (Å²) in [5.41, 5.74) is 6.95. The van der Waals surface area contributed by atoms with Gasteiger partial charge in [0.25, 0.3) is 5.91 Å². The minimum atomic E-state index is -0.297. The Morgan fingerprint density at radius 2 is 1.78 bits per heavy atom. The fourth-order valence-corrected chi connectivity index (χ4v) is 2.74. The van der Waals surface area contributed by atoms with Crippen LogP contribution in [0.5, 0.6) is 0 Å². The van der Waals surface area contributed by atoms with Crippen molar-refractivity contribution in [1.29, 1.82) is 0 Å². The number of nitrogens with two attached hydrogens (primary N) is 1. The molecule has 23 heavy (non-hydrogen) atoms. The molecule has 2 aromatic rings. The van der Waals surface area contributed by atoms with Crippen molar-refractivity contribution in [1.82, 2.24) is 10.6 Å². The van der Waals surface area contributed by atoms with E-state index in [1.54, 1.807) is 6.07 Å². The maximum Gasteiger partial charge on any atom is 0.261 e. The van der Waals surface area contributed by atoms with E-state index in [0.717, 1.165) is 5.56 Å². The van der Waals surface area contributed by atoms with Crippen molar-refractivity contribution in [3.63, 3.8) is 0 Å². The number of nitrogens with one attached hydrogen (secondary N) is 2. The van der Waals surface area contributed by atoms with E-state index < -0.39 is 0 Å². The van der Waals surface area contributed by atoms with Gasteiger partial charge in [0.2, 0.25) is 5.91 Å². The molecule has 0 radical (unpaired) electrons. The Bertz CT molecular complexity index is 614. The van der Waals surface area contributed by atoms with Crippen LogP contribution in [0.3, 0.4) is 0 Å². The van der Waals surface area contributed by atoms with Crippen LogP contribution in [0, 0.1) is 0 Å². The molecule has 2 rings (SSSR count). The van der Waals surface area contributed by atoms with Crippen LogP contribution in [-0.4, -0.2) is 24.9 Å². The zero-order chi connectivity index (χ0) is 16.5. The monoisotopic (exact) mass is 331 g/mol. The van der Waals surface area contributed by atoms with Gasteiger partial charge in [0, 0.05) is 25.6 Å². The van der Waals surface area contributed by atoms with Crippen LogP contribution >= 0.6 is 11.3 Å². The Morgan fingerprint density at radius 1 is 1.04 bits per heavy atom. The molecule has 0 aliphatic rings. The van der Waals surface area contributed by atoms with Crippen LogP contribution in [0.25, 0.3) is 0 Å². The van der Waals surface area contributed by atoms with Crippen molar-refractivity contribution < 1.29 is 9.59 Å². The van der Waals surface area contributed by atoms with Gasteiger partial charge in [-0.2, -0.15) is 0 Å². The third-order valence-electron chi connectivity index (χ3n) is 3.34. The van der Waals surface area contributed by atoms with E-state index in [1.807, 2.05) is 41.8 Å². The van der Waals surface area contributed by atoms with Crippen LogP contribution < -0.4 is 16.4 Å². The van der Waals surface area contributed by atoms with Crippen LogP contribution in [0.1, 0.15) is 34.1 Å². The summed E-state index contributed by atoms with van der Waals surface area (Å²) in [6.45, 7) is 1.05. The minimum absolute atomic E-state index is 0.0718. The molecule has 1 atom stereocenters. The van der Waals surface area contributed by atoms with Crippen LogP contribution in [-0.2, 0) is 4.79 Å². The molecule has 0 saturated heterocycles. The van der Waals surface area contributed by atoms with E-state index in [2.05, 4.69) is 10.6 Å².